The van der Waals surface area contributed by atoms with Crippen molar-refractivity contribution in [1.29, 1.82) is 0 Å². The maximum atomic E-state index is 11.7. The Hall–Kier alpha value is -1.75. The topological polar surface area (TPSA) is 29.1 Å². The lowest BCUT2D eigenvalue weighted by atomic mass is 10.1. The highest BCUT2D eigenvalue weighted by Gasteiger charge is 2.16. The Kier molecular flexibility index (Phi) is 3.73. The normalized spacial score (nSPS) is 10.6. The minimum atomic E-state index is -0.582. The molecule has 0 atom stereocenters. The zero-order valence-electron chi connectivity index (χ0n) is 10.0. The Morgan fingerprint density at radius 2 is 1.94 bits per heavy atom. The van der Waals surface area contributed by atoms with E-state index in [1.54, 1.807) is 13.8 Å². The second kappa shape index (κ2) is 4.85. The molecule has 0 radical (unpaired) electrons. The molecule has 1 amide bonds. The van der Waals surface area contributed by atoms with Crippen LogP contribution >= 0.6 is 0 Å². The predicted molar refractivity (Wildman–Crippen MR) is 65.9 cm³/mol. The molecule has 0 saturated carbocycles. The van der Waals surface area contributed by atoms with E-state index in [1.807, 2.05) is 31.2 Å². The molecule has 0 spiro atoms. The number of carbonyl (C=O) groups is 1. The fourth-order valence-electron chi connectivity index (χ4n) is 1.32. The van der Waals surface area contributed by atoms with Gasteiger partial charge in [-0.3, -0.25) is 4.79 Å². The van der Waals surface area contributed by atoms with E-state index in [2.05, 4.69) is 11.2 Å². The third-order valence-electron chi connectivity index (χ3n) is 2.30. The summed E-state index contributed by atoms with van der Waals surface area (Å²) in [6.45, 7) is 5.63. The molecule has 1 aromatic carbocycles. The lowest BCUT2D eigenvalue weighted by Crippen LogP contribution is -2.42. The number of carbonyl (C=O) groups excluding carboxylic acids is 1. The number of aryl methyl sites for hydroxylation is 1. The quantitative estimate of drug-likeness (QED) is 0.768. The number of amides is 1. The molecule has 0 heterocycles. The number of benzene rings is 1. The molecule has 84 valence electrons. The number of nitrogens with one attached hydrogen (secondary N) is 1. The van der Waals surface area contributed by atoms with Crippen molar-refractivity contribution in [2.75, 3.05) is 0 Å². The van der Waals surface area contributed by atoms with Crippen molar-refractivity contribution in [3.8, 4) is 12.3 Å². The van der Waals surface area contributed by atoms with Crippen molar-refractivity contribution in [1.82, 2.24) is 5.32 Å². The first-order valence-electron chi connectivity index (χ1n) is 5.27. The summed E-state index contributed by atoms with van der Waals surface area (Å²) in [5.41, 5.74) is 1.60. The molecular formula is C14H17NO. The molecule has 1 rings (SSSR count). The van der Waals surface area contributed by atoms with Crippen LogP contribution in [-0.4, -0.2) is 11.4 Å². The number of terminal acetylenes is 1. The Morgan fingerprint density at radius 1 is 1.38 bits per heavy atom. The van der Waals surface area contributed by atoms with Crippen LogP contribution in [0.4, 0.5) is 0 Å². The van der Waals surface area contributed by atoms with E-state index in [0.29, 0.717) is 6.42 Å². The van der Waals surface area contributed by atoms with Gasteiger partial charge in [-0.2, -0.15) is 0 Å². The molecule has 2 heteroatoms. The Balaban J connectivity index is 2.59. The van der Waals surface area contributed by atoms with Crippen LogP contribution in [0.25, 0.3) is 0 Å². The van der Waals surface area contributed by atoms with Crippen LogP contribution in [0.2, 0.25) is 0 Å². The number of hydrogen-bond acceptors (Lipinski definition) is 1. The summed E-state index contributed by atoms with van der Waals surface area (Å²) < 4.78 is 0. The molecule has 16 heavy (non-hydrogen) atoms. The Labute approximate surface area is 97.1 Å². The Morgan fingerprint density at radius 3 is 2.44 bits per heavy atom. The van der Waals surface area contributed by atoms with Gasteiger partial charge in [0.2, 0.25) is 5.91 Å². The standard InChI is InChI=1S/C14H17NO/c1-5-14(3,4)15-13(16)10-12-8-6-11(2)7-9-12/h1,6-9H,10H2,2-4H3,(H,15,16). The van der Waals surface area contributed by atoms with Gasteiger partial charge in [0.1, 0.15) is 0 Å². The van der Waals surface area contributed by atoms with Gasteiger partial charge in [0.15, 0.2) is 0 Å². The van der Waals surface area contributed by atoms with E-state index in [-0.39, 0.29) is 5.91 Å². The highest BCUT2D eigenvalue weighted by molar-refractivity contribution is 5.79. The van der Waals surface area contributed by atoms with Gasteiger partial charge in [0, 0.05) is 0 Å². The van der Waals surface area contributed by atoms with Crippen molar-refractivity contribution >= 4 is 5.91 Å². The van der Waals surface area contributed by atoms with E-state index in [0.717, 1.165) is 5.56 Å². The molecule has 0 aliphatic heterocycles. The fourth-order valence-corrected chi connectivity index (χ4v) is 1.32. The molecule has 1 N–H and O–H groups in total. The largest absolute Gasteiger partial charge is 0.340 e. The van der Waals surface area contributed by atoms with Gasteiger partial charge in [0.05, 0.1) is 12.0 Å². The summed E-state index contributed by atoms with van der Waals surface area (Å²) in [5, 5.41) is 2.79. The highest BCUT2D eigenvalue weighted by Crippen LogP contribution is 2.05. The van der Waals surface area contributed by atoms with Gasteiger partial charge in [0.25, 0.3) is 0 Å². The van der Waals surface area contributed by atoms with Gasteiger partial charge < -0.3 is 5.32 Å². The smallest absolute Gasteiger partial charge is 0.225 e. The van der Waals surface area contributed by atoms with E-state index < -0.39 is 5.54 Å². The van der Waals surface area contributed by atoms with Gasteiger partial charge in [-0.05, 0) is 26.3 Å². The molecule has 0 aliphatic carbocycles. The predicted octanol–water partition coefficient (Wildman–Crippen LogP) is 2.07. The molecule has 0 bridgehead atoms. The molecule has 0 aromatic heterocycles. The lowest BCUT2D eigenvalue weighted by Gasteiger charge is -2.19. The second-order valence-corrected chi connectivity index (χ2v) is 4.48. The molecule has 0 unspecified atom stereocenters. The summed E-state index contributed by atoms with van der Waals surface area (Å²) in [6.07, 6.45) is 5.67. The average Bonchev–Trinajstić information content (AvgIpc) is 2.21. The third-order valence-corrected chi connectivity index (χ3v) is 2.30. The first-order chi connectivity index (χ1) is 7.43. The van der Waals surface area contributed by atoms with Crippen molar-refractivity contribution in [2.24, 2.45) is 0 Å². The van der Waals surface area contributed by atoms with Crippen molar-refractivity contribution in [3.05, 3.63) is 35.4 Å². The van der Waals surface area contributed by atoms with E-state index >= 15 is 0 Å². The van der Waals surface area contributed by atoms with Gasteiger partial charge in [-0.25, -0.2) is 0 Å². The van der Waals surface area contributed by atoms with Crippen LogP contribution in [0.3, 0.4) is 0 Å². The molecule has 0 saturated heterocycles. The number of rotatable bonds is 3. The first-order valence-corrected chi connectivity index (χ1v) is 5.27. The molecule has 2 nitrogen and oxygen atoms in total. The maximum absolute atomic E-state index is 11.7. The number of hydrogen-bond donors (Lipinski definition) is 1. The molecule has 0 aliphatic rings. The summed E-state index contributed by atoms with van der Waals surface area (Å²) in [7, 11) is 0. The van der Waals surface area contributed by atoms with Crippen LogP contribution < -0.4 is 5.32 Å². The van der Waals surface area contributed by atoms with Crippen LogP contribution in [0.15, 0.2) is 24.3 Å². The molecule has 0 fully saturated rings. The SMILES string of the molecule is C#CC(C)(C)NC(=O)Cc1ccc(C)cc1. The second-order valence-electron chi connectivity index (χ2n) is 4.48. The average molecular weight is 215 g/mol. The van der Waals surface area contributed by atoms with E-state index in [1.165, 1.54) is 5.56 Å². The fraction of sp³-hybridized carbons (Fsp3) is 0.357. The maximum Gasteiger partial charge on any atom is 0.225 e. The van der Waals surface area contributed by atoms with Crippen LogP contribution in [0.1, 0.15) is 25.0 Å². The molecular weight excluding hydrogens is 198 g/mol. The van der Waals surface area contributed by atoms with Crippen LogP contribution in [0, 0.1) is 19.3 Å². The third kappa shape index (κ3) is 3.78. The summed E-state index contributed by atoms with van der Waals surface area (Å²) in [4.78, 5) is 11.7. The first kappa shape index (κ1) is 12.3. The van der Waals surface area contributed by atoms with Crippen molar-refractivity contribution in [3.63, 3.8) is 0 Å². The van der Waals surface area contributed by atoms with Gasteiger partial charge in [-0.15, -0.1) is 6.42 Å². The van der Waals surface area contributed by atoms with Crippen LogP contribution in [0.5, 0.6) is 0 Å². The summed E-state index contributed by atoms with van der Waals surface area (Å²) >= 11 is 0. The zero-order valence-corrected chi connectivity index (χ0v) is 10.0. The van der Waals surface area contributed by atoms with Gasteiger partial charge in [-0.1, -0.05) is 35.7 Å². The van der Waals surface area contributed by atoms with Crippen LogP contribution in [-0.2, 0) is 11.2 Å². The monoisotopic (exact) mass is 215 g/mol. The van der Waals surface area contributed by atoms with Crippen molar-refractivity contribution < 1.29 is 4.79 Å². The highest BCUT2D eigenvalue weighted by atomic mass is 16.1. The minimum Gasteiger partial charge on any atom is -0.340 e. The van der Waals surface area contributed by atoms with E-state index in [9.17, 15) is 4.79 Å². The van der Waals surface area contributed by atoms with E-state index in [4.69, 9.17) is 6.42 Å². The Bertz CT molecular complexity index is 409. The summed E-state index contributed by atoms with van der Waals surface area (Å²) in [6, 6.07) is 7.90. The minimum absolute atomic E-state index is 0.0493. The molecule has 1 aromatic rings. The van der Waals surface area contributed by atoms with Gasteiger partial charge >= 0.3 is 0 Å². The lowest BCUT2D eigenvalue weighted by molar-refractivity contribution is -0.121. The summed E-state index contributed by atoms with van der Waals surface area (Å²) in [5.74, 6) is 2.49. The van der Waals surface area contributed by atoms with Crippen molar-refractivity contribution in [2.45, 2.75) is 32.7 Å². The zero-order chi connectivity index (χ0) is 12.2.